The Balaban J connectivity index is 2.27. The van der Waals surface area contributed by atoms with Crippen LogP contribution in [0.1, 0.15) is 38.2 Å². The van der Waals surface area contributed by atoms with Gasteiger partial charge >= 0.3 is 0 Å². The van der Waals surface area contributed by atoms with Crippen LogP contribution in [0.15, 0.2) is 24.3 Å². The molecule has 0 saturated heterocycles. The third-order valence-electron chi connectivity index (χ3n) is 3.45. The summed E-state index contributed by atoms with van der Waals surface area (Å²) >= 11 is 0. The third-order valence-corrected chi connectivity index (χ3v) is 3.45. The smallest absolute Gasteiger partial charge is 0.225 e. The Morgan fingerprint density at radius 1 is 1.24 bits per heavy atom. The molecule has 0 fully saturated rings. The second-order valence-corrected chi connectivity index (χ2v) is 5.30. The van der Waals surface area contributed by atoms with Crippen LogP contribution in [0.5, 0.6) is 5.75 Å². The number of aryl methyl sites for hydroxylation is 1. The number of unbranched alkanes of at least 4 members (excludes halogenated alkanes) is 1. The van der Waals surface area contributed by atoms with E-state index in [0.29, 0.717) is 26.1 Å². The summed E-state index contributed by atoms with van der Waals surface area (Å²) in [4.78, 5) is 13.5. The summed E-state index contributed by atoms with van der Waals surface area (Å²) in [6, 6.07) is 8.15. The van der Waals surface area contributed by atoms with Crippen LogP contribution in [0.2, 0.25) is 0 Å². The Morgan fingerprint density at radius 2 is 1.95 bits per heavy atom. The summed E-state index contributed by atoms with van der Waals surface area (Å²) in [5.74, 6) is 0.927. The van der Waals surface area contributed by atoms with Gasteiger partial charge in [-0.25, -0.2) is 0 Å². The minimum absolute atomic E-state index is 0.100. The van der Waals surface area contributed by atoms with Crippen LogP contribution in [0.25, 0.3) is 0 Å². The lowest BCUT2D eigenvalue weighted by molar-refractivity contribution is -0.130. The highest BCUT2D eigenvalue weighted by Gasteiger charge is 2.08. The van der Waals surface area contributed by atoms with Gasteiger partial charge < -0.3 is 15.4 Å². The van der Waals surface area contributed by atoms with E-state index in [1.807, 2.05) is 12.1 Å². The van der Waals surface area contributed by atoms with E-state index in [-0.39, 0.29) is 5.91 Å². The number of amides is 1. The van der Waals surface area contributed by atoms with Crippen LogP contribution < -0.4 is 10.5 Å². The number of ether oxygens (including phenoxy) is 1. The van der Waals surface area contributed by atoms with Crippen molar-refractivity contribution in [2.24, 2.45) is 5.73 Å². The van der Waals surface area contributed by atoms with Crippen molar-refractivity contribution in [3.05, 3.63) is 29.8 Å². The molecule has 0 aromatic heterocycles. The van der Waals surface area contributed by atoms with E-state index in [0.717, 1.165) is 18.6 Å². The van der Waals surface area contributed by atoms with Gasteiger partial charge in [-0.05, 0) is 43.5 Å². The number of benzene rings is 1. The minimum Gasteiger partial charge on any atom is -0.493 e. The fourth-order valence-electron chi connectivity index (χ4n) is 2.03. The van der Waals surface area contributed by atoms with Gasteiger partial charge in [0, 0.05) is 13.6 Å². The largest absolute Gasteiger partial charge is 0.493 e. The van der Waals surface area contributed by atoms with Gasteiger partial charge in [0.25, 0.3) is 0 Å². The Hall–Kier alpha value is -1.55. The van der Waals surface area contributed by atoms with Crippen LogP contribution in [0, 0.1) is 0 Å². The molecule has 118 valence electrons. The first-order valence-corrected chi connectivity index (χ1v) is 7.83. The van der Waals surface area contributed by atoms with Crippen molar-refractivity contribution < 1.29 is 9.53 Å². The molecular weight excluding hydrogens is 264 g/mol. The van der Waals surface area contributed by atoms with Crippen molar-refractivity contribution in [3.63, 3.8) is 0 Å². The second kappa shape index (κ2) is 10.2. The van der Waals surface area contributed by atoms with Gasteiger partial charge in [-0.2, -0.15) is 0 Å². The van der Waals surface area contributed by atoms with Crippen LogP contribution in [-0.2, 0) is 11.2 Å². The predicted octanol–water partition coefficient (Wildman–Crippen LogP) is 2.61. The first-order chi connectivity index (χ1) is 10.2. The van der Waals surface area contributed by atoms with Gasteiger partial charge in [-0.15, -0.1) is 0 Å². The maximum absolute atomic E-state index is 11.8. The first kappa shape index (κ1) is 17.5. The molecule has 0 aliphatic carbocycles. The molecule has 0 saturated carbocycles. The first-order valence-electron chi connectivity index (χ1n) is 7.83. The molecule has 0 spiro atoms. The fourth-order valence-corrected chi connectivity index (χ4v) is 2.03. The molecule has 1 rings (SSSR count). The average Bonchev–Trinajstić information content (AvgIpc) is 2.51. The number of nitrogens with zero attached hydrogens (tertiary/aromatic N) is 1. The second-order valence-electron chi connectivity index (χ2n) is 5.30. The van der Waals surface area contributed by atoms with Crippen molar-refractivity contribution in [1.29, 1.82) is 0 Å². The quantitative estimate of drug-likeness (QED) is 0.721. The lowest BCUT2D eigenvalue weighted by atomic mass is 10.1. The van der Waals surface area contributed by atoms with Crippen LogP contribution in [-0.4, -0.2) is 37.6 Å². The maximum Gasteiger partial charge on any atom is 0.225 e. The molecule has 0 aliphatic rings. The van der Waals surface area contributed by atoms with Gasteiger partial charge in [-0.3, -0.25) is 4.79 Å². The zero-order valence-electron chi connectivity index (χ0n) is 13.3. The highest BCUT2D eigenvalue weighted by molar-refractivity contribution is 5.75. The summed E-state index contributed by atoms with van der Waals surface area (Å²) in [5, 5.41) is 0. The summed E-state index contributed by atoms with van der Waals surface area (Å²) < 4.78 is 5.62. The molecule has 2 N–H and O–H groups in total. The number of hydrogen-bond acceptors (Lipinski definition) is 3. The van der Waals surface area contributed by atoms with E-state index in [1.165, 1.54) is 18.4 Å². The Morgan fingerprint density at radius 3 is 2.57 bits per heavy atom. The standard InChI is InChI=1S/C17H28N2O2/c1-3-4-6-15-7-9-16(10-8-15)21-14-11-17(20)19(2)13-5-12-18/h7-10H,3-6,11-14,18H2,1-2H3. The summed E-state index contributed by atoms with van der Waals surface area (Å²) in [5.41, 5.74) is 6.77. The van der Waals surface area contributed by atoms with Crippen LogP contribution >= 0.6 is 0 Å². The SMILES string of the molecule is CCCCc1ccc(OCCC(=O)N(C)CCCN)cc1. The number of rotatable bonds is 10. The number of nitrogens with two attached hydrogens (primary N) is 1. The summed E-state index contributed by atoms with van der Waals surface area (Å²) in [7, 11) is 1.81. The molecule has 4 nitrogen and oxygen atoms in total. The molecule has 0 bridgehead atoms. The van der Waals surface area contributed by atoms with Crippen molar-refractivity contribution in [1.82, 2.24) is 4.90 Å². The molecule has 1 amide bonds. The van der Waals surface area contributed by atoms with Gasteiger partial charge in [0.15, 0.2) is 0 Å². The van der Waals surface area contributed by atoms with E-state index >= 15 is 0 Å². The highest BCUT2D eigenvalue weighted by Crippen LogP contribution is 2.14. The number of carbonyl (C=O) groups is 1. The third kappa shape index (κ3) is 7.14. The Bertz CT molecular complexity index is 404. The zero-order valence-corrected chi connectivity index (χ0v) is 13.3. The molecule has 0 heterocycles. The van der Waals surface area contributed by atoms with Gasteiger partial charge in [0.05, 0.1) is 13.0 Å². The van der Waals surface area contributed by atoms with Crippen molar-refractivity contribution in [3.8, 4) is 5.75 Å². The topological polar surface area (TPSA) is 55.6 Å². The zero-order chi connectivity index (χ0) is 15.5. The molecule has 21 heavy (non-hydrogen) atoms. The van der Waals surface area contributed by atoms with Gasteiger partial charge in [0.2, 0.25) is 5.91 Å². The van der Waals surface area contributed by atoms with Crippen LogP contribution in [0.4, 0.5) is 0 Å². The lowest BCUT2D eigenvalue weighted by Gasteiger charge is -2.16. The molecule has 0 aliphatic heterocycles. The molecule has 0 unspecified atom stereocenters. The molecule has 0 radical (unpaired) electrons. The molecule has 0 atom stereocenters. The van der Waals surface area contributed by atoms with Gasteiger partial charge in [-0.1, -0.05) is 25.5 Å². The monoisotopic (exact) mass is 292 g/mol. The minimum atomic E-state index is 0.100. The van der Waals surface area contributed by atoms with E-state index < -0.39 is 0 Å². The van der Waals surface area contributed by atoms with Crippen LogP contribution in [0.3, 0.4) is 0 Å². The van der Waals surface area contributed by atoms with Crippen molar-refractivity contribution in [2.45, 2.75) is 39.0 Å². The number of carbonyl (C=O) groups excluding carboxylic acids is 1. The van der Waals surface area contributed by atoms with E-state index in [9.17, 15) is 4.79 Å². The van der Waals surface area contributed by atoms with E-state index in [4.69, 9.17) is 10.5 Å². The fraction of sp³-hybridized carbons (Fsp3) is 0.588. The van der Waals surface area contributed by atoms with Crippen molar-refractivity contribution in [2.75, 3.05) is 26.7 Å². The Kier molecular flexibility index (Phi) is 8.51. The highest BCUT2D eigenvalue weighted by atomic mass is 16.5. The van der Waals surface area contributed by atoms with Gasteiger partial charge in [0.1, 0.15) is 5.75 Å². The molecule has 1 aromatic carbocycles. The maximum atomic E-state index is 11.8. The summed E-state index contributed by atoms with van der Waals surface area (Å²) in [6.45, 7) is 3.93. The predicted molar refractivity (Wildman–Crippen MR) is 86.5 cm³/mol. The molecule has 1 aromatic rings. The number of hydrogen-bond donors (Lipinski definition) is 1. The molecule has 4 heteroatoms. The normalized spacial score (nSPS) is 10.4. The van der Waals surface area contributed by atoms with Crippen molar-refractivity contribution >= 4 is 5.91 Å². The van der Waals surface area contributed by atoms with E-state index in [2.05, 4.69) is 19.1 Å². The Labute approximate surface area is 128 Å². The lowest BCUT2D eigenvalue weighted by Crippen LogP contribution is -2.29. The molecular formula is C17H28N2O2. The summed E-state index contributed by atoms with van der Waals surface area (Å²) in [6.07, 6.45) is 4.77. The van der Waals surface area contributed by atoms with E-state index in [1.54, 1.807) is 11.9 Å². The average molecular weight is 292 g/mol.